The number of nitrogens with zero attached hydrogens (tertiary/aromatic N) is 5. The van der Waals surface area contributed by atoms with Crippen molar-refractivity contribution in [2.24, 2.45) is 7.05 Å². The van der Waals surface area contributed by atoms with E-state index < -0.39 is 24.2 Å². The maximum absolute atomic E-state index is 14.4. The molecular formula is C26H25FN6O3. The molecule has 0 spiro atoms. The predicted octanol–water partition coefficient (Wildman–Crippen LogP) is 3.74. The maximum atomic E-state index is 14.4. The first-order valence-electron chi connectivity index (χ1n) is 11.5. The Morgan fingerprint density at radius 3 is 2.50 bits per heavy atom. The standard InChI is InChI=1S/C26H25FN6O3/c1-14-10-19-24(15(2)23(14)16-4-7-28-8-5-16)17(22-6-9-29-32(22)3)11-20(30-19)25(34)31-21-13-33(26(35)36)12-18(21)27/h4-11,18,21H,12-13H2,1-3H3,(H,31,34)(H,35,36). The largest absolute Gasteiger partial charge is 0.465 e. The molecule has 9 nitrogen and oxygen atoms in total. The number of carbonyl (C=O) groups is 2. The lowest BCUT2D eigenvalue weighted by Gasteiger charge is -2.18. The fourth-order valence-electron chi connectivity index (χ4n) is 4.98. The van der Waals surface area contributed by atoms with Gasteiger partial charge in [-0.15, -0.1) is 0 Å². The van der Waals surface area contributed by atoms with Crippen LogP contribution < -0.4 is 5.32 Å². The summed E-state index contributed by atoms with van der Waals surface area (Å²) in [5.41, 5.74) is 6.40. The molecule has 10 heteroatoms. The van der Waals surface area contributed by atoms with Gasteiger partial charge in [-0.05, 0) is 66.4 Å². The average Bonchev–Trinajstić information content (AvgIpc) is 3.44. The number of halogens is 1. The Balaban J connectivity index is 1.64. The first-order chi connectivity index (χ1) is 17.2. The molecule has 4 heterocycles. The number of pyridine rings is 2. The van der Waals surface area contributed by atoms with Crippen LogP contribution in [0, 0.1) is 13.8 Å². The zero-order chi connectivity index (χ0) is 25.6. The van der Waals surface area contributed by atoms with Crippen molar-refractivity contribution >= 4 is 22.9 Å². The fourth-order valence-corrected chi connectivity index (χ4v) is 4.98. The third-order valence-corrected chi connectivity index (χ3v) is 6.68. The number of carboxylic acid groups (broad SMARTS) is 1. The van der Waals surface area contributed by atoms with E-state index in [2.05, 4.69) is 20.4 Å². The molecule has 1 aliphatic heterocycles. The summed E-state index contributed by atoms with van der Waals surface area (Å²) < 4.78 is 16.2. The van der Waals surface area contributed by atoms with E-state index in [1.54, 1.807) is 29.3 Å². The van der Waals surface area contributed by atoms with Gasteiger partial charge in [0.25, 0.3) is 5.91 Å². The Bertz CT molecular complexity index is 1490. The van der Waals surface area contributed by atoms with E-state index in [4.69, 9.17) is 5.11 Å². The van der Waals surface area contributed by atoms with Crippen molar-refractivity contribution in [3.05, 3.63) is 65.7 Å². The summed E-state index contributed by atoms with van der Waals surface area (Å²) in [4.78, 5) is 34.1. The number of hydrogen-bond donors (Lipinski definition) is 2. The minimum absolute atomic E-state index is 0.113. The summed E-state index contributed by atoms with van der Waals surface area (Å²) in [6.07, 6.45) is 2.47. The number of benzene rings is 1. The van der Waals surface area contributed by atoms with Gasteiger partial charge in [0.1, 0.15) is 11.9 Å². The topological polar surface area (TPSA) is 113 Å². The van der Waals surface area contributed by atoms with Gasteiger partial charge >= 0.3 is 6.09 Å². The highest BCUT2D eigenvalue weighted by atomic mass is 19.1. The molecule has 3 aromatic heterocycles. The minimum atomic E-state index is -1.49. The molecule has 2 amide bonds. The highest BCUT2D eigenvalue weighted by molar-refractivity contribution is 6.04. The van der Waals surface area contributed by atoms with Gasteiger partial charge in [0.15, 0.2) is 0 Å². The van der Waals surface area contributed by atoms with Crippen LogP contribution in [-0.4, -0.2) is 67.1 Å². The van der Waals surface area contributed by atoms with Gasteiger partial charge in [-0.2, -0.15) is 5.10 Å². The second-order valence-corrected chi connectivity index (χ2v) is 9.00. The van der Waals surface area contributed by atoms with Crippen LogP contribution in [0.3, 0.4) is 0 Å². The number of carbonyl (C=O) groups excluding carboxylic acids is 1. The Hall–Kier alpha value is -4.34. The zero-order valence-corrected chi connectivity index (χ0v) is 20.1. The van der Waals surface area contributed by atoms with E-state index >= 15 is 0 Å². The summed E-state index contributed by atoms with van der Waals surface area (Å²) >= 11 is 0. The predicted molar refractivity (Wildman–Crippen MR) is 132 cm³/mol. The molecule has 4 aromatic rings. The van der Waals surface area contributed by atoms with E-state index in [1.165, 1.54) is 0 Å². The quantitative estimate of drug-likeness (QED) is 0.452. The molecule has 2 atom stereocenters. The first-order valence-corrected chi connectivity index (χ1v) is 11.5. The molecule has 1 aliphatic rings. The van der Waals surface area contributed by atoms with Gasteiger partial charge in [-0.1, -0.05) is 0 Å². The monoisotopic (exact) mass is 488 g/mol. The molecule has 184 valence electrons. The molecule has 0 bridgehead atoms. The number of likely N-dealkylation sites (tertiary alicyclic amines) is 1. The van der Waals surface area contributed by atoms with Crippen LogP contribution >= 0.6 is 0 Å². The van der Waals surface area contributed by atoms with Gasteiger partial charge in [0.2, 0.25) is 0 Å². The lowest BCUT2D eigenvalue weighted by atomic mass is 9.90. The Labute approximate surface area is 206 Å². The smallest absolute Gasteiger partial charge is 0.407 e. The van der Waals surface area contributed by atoms with Crippen LogP contribution in [0.4, 0.5) is 9.18 Å². The van der Waals surface area contributed by atoms with Crippen molar-refractivity contribution in [1.29, 1.82) is 0 Å². The van der Waals surface area contributed by atoms with Crippen molar-refractivity contribution < 1.29 is 19.1 Å². The van der Waals surface area contributed by atoms with Crippen LogP contribution in [0.25, 0.3) is 33.3 Å². The third-order valence-electron chi connectivity index (χ3n) is 6.68. The third kappa shape index (κ3) is 4.04. The van der Waals surface area contributed by atoms with Gasteiger partial charge in [-0.25, -0.2) is 14.2 Å². The lowest BCUT2D eigenvalue weighted by Crippen LogP contribution is -2.42. The Morgan fingerprint density at radius 2 is 1.86 bits per heavy atom. The first kappa shape index (κ1) is 23.4. The van der Waals surface area contributed by atoms with E-state index in [0.29, 0.717) is 5.52 Å². The highest BCUT2D eigenvalue weighted by Gasteiger charge is 2.36. The number of nitrogens with one attached hydrogen (secondary N) is 1. The van der Waals surface area contributed by atoms with Gasteiger partial charge in [0, 0.05) is 43.1 Å². The van der Waals surface area contributed by atoms with Crippen LogP contribution in [0.1, 0.15) is 21.6 Å². The second kappa shape index (κ2) is 9.03. The highest BCUT2D eigenvalue weighted by Crippen LogP contribution is 2.38. The maximum Gasteiger partial charge on any atom is 0.407 e. The molecule has 2 N–H and O–H groups in total. The van der Waals surface area contributed by atoms with Crippen LogP contribution in [0.15, 0.2) is 48.9 Å². The zero-order valence-electron chi connectivity index (χ0n) is 20.1. The number of alkyl halides is 1. The van der Waals surface area contributed by atoms with Crippen molar-refractivity contribution in [3.63, 3.8) is 0 Å². The van der Waals surface area contributed by atoms with E-state index in [1.807, 2.05) is 45.2 Å². The Kier molecular flexibility index (Phi) is 5.87. The van der Waals surface area contributed by atoms with Crippen LogP contribution in [0.2, 0.25) is 0 Å². The van der Waals surface area contributed by atoms with E-state index in [-0.39, 0.29) is 18.8 Å². The average molecular weight is 489 g/mol. The van der Waals surface area contributed by atoms with Crippen molar-refractivity contribution in [3.8, 4) is 22.4 Å². The number of hydrogen-bond acceptors (Lipinski definition) is 5. The molecule has 36 heavy (non-hydrogen) atoms. The second-order valence-electron chi connectivity index (χ2n) is 9.00. The number of fused-ring (bicyclic) bond motifs is 1. The fraction of sp³-hybridized carbons (Fsp3) is 0.269. The minimum Gasteiger partial charge on any atom is -0.465 e. The normalized spacial score (nSPS) is 17.5. The molecule has 0 radical (unpaired) electrons. The SMILES string of the molecule is Cc1cc2nc(C(=O)NC3CN(C(=O)O)CC3F)cc(-c3ccnn3C)c2c(C)c1-c1ccncc1. The van der Waals surface area contributed by atoms with Crippen LogP contribution in [0.5, 0.6) is 0 Å². The summed E-state index contributed by atoms with van der Waals surface area (Å²) in [5, 5.41) is 17.0. The van der Waals surface area contributed by atoms with Crippen molar-refractivity contribution in [1.82, 2.24) is 30.0 Å². The van der Waals surface area contributed by atoms with E-state index in [0.717, 1.165) is 43.8 Å². The summed E-state index contributed by atoms with van der Waals surface area (Å²) in [6.45, 7) is 3.63. The molecule has 1 saturated heterocycles. The van der Waals surface area contributed by atoms with Gasteiger partial charge in [-0.3, -0.25) is 14.5 Å². The van der Waals surface area contributed by atoms with Crippen molar-refractivity contribution in [2.45, 2.75) is 26.1 Å². The molecule has 5 rings (SSSR count). The molecule has 2 unspecified atom stereocenters. The lowest BCUT2D eigenvalue weighted by molar-refractivity contribution is 0.0917. The Morgan fingerprint density at radius 1 is 1.11 bits per heavy atom. The van der Waals surface area contributed by atoms with Crippen molar-refractivity contribution in [2.75, 3.05) is 13.1 Å². The molecule has 1 fully saturated rings. The van der Waals surface area contributed by atoms with Gasteiger partial charge in [0.05, 0.1) is 23.8 Å². The van der Waals surface area contributed by atoms with Crippen LogP contribution in [-0.2, 0) is 7.05 Å². The molecule has 0 aliphatic carbocycles. The van der Waals surface area contributed by atoms with Gasteiger partial charge < -0.3 is 15.3 Å². The van der Waals surface area contributed by atoms with E-state index in [9.17, 15) is 14.0 Å². The summed E-state index contributed by atoms with van der Waals surface area (Å²) in [5.74, 6) is -0.561. The number of aromatic nitrogens is 4. The number of rotatable bonds is 4. The molecular weight excluding hydrogens is 463 g/mol. The molecule has 0 saturated carbocycles. The number of aryl methyl sites for hydroxylation is 3. The molecule has 1 aromatic carbocycles. The number of amides is 2. The summed E-state index contributed by atoms with van der Waals surface area (Å²) in [7, 11) is 1.82. The summed E-state index contributed by atoms with van der Waals surface area (Å²) in [6, 6.07) is 8.45.